The van der Waals surface area contributed by atoms with Gasteiger partial charge in [0.2, 0.25) is 15.9 Å². The van der Waals surface area contributed by atoms with Gasteiger partial charge in [-0.2, -0.15) is 17.5 Å². The van der Waals surface area contributed by atoms with Crippen molar-refractivity contribution in [3.63, 3.8) is 0 Å². The van der Waals surface area contributed by atoms with E-state index in [0.717, 1.165) is 10.4 Å². The number of benzene rings is 1. The van der Waals surface area contributed by atoms with E-state index >= 15 is 0 Å². The van der Waals surface area contributed by atoms with Crippen LogP contribution in [0.5, 0.6) is 5.88 Å². The minimum atomic E-state index is -4.60. The number of pyridine rings is 2. The van der Waals surface area contributed by atoms with Crippen LogP contribution in [0.4, 0.5) is 13.2 Å². The number of ether oxygens (including phenoxy) is 1. The molecule has 0 atom stereocenters. The number of rotatable bonds is 4. The Labute approximate surface area is 158 Å². The molecule has 0 amide bonds. The predicted octanol–water partition coefficient (Wildman–Crippen LogP) is 3.10. The zero-order chi connectivity index (χ0) is 19.9. The Morgan fingerprint density at radius 3 is 2.43 bits per heavy atom. The number of para-hydroxylation sites is 1. The zero-order valence-electron chi connectivity index (χ0n) is 14.3. The SMILES string of the molecule is O=S(=O)(c1cccc2cccnc12)N1CC(Oc2ncccc2C(F)(F)F)C1. The molecule has 0 spiro atoms. The number of nitrogens with zero attached hydrogens (tertiary/aromatic N) is 3. The maximum atomic E-state index is 13.0. The lowest BCUT2D eigenvalue weighted by atomic mass is 10.2. The van der Waals surface area contributed by atoms with Gasteiger partial charge in [-0.1, -0.05) is 18.2 Å². The fourth-order valence-electron chi connectivity index (χ4n) is 2.95. The smallest absolute Gasteiger partial charge is 0.421 e. The van der Waals surface area contributed by atoms with Crippen molar-refractivity contribution in [2.24, 2.45) is 0 Å². The molecule has 1 aromatic carbocycles. The third-order valence-corrected chi connectivity index (χ3v) is 6.25. The summed E-state index contributed by atoms with van der Waals surface area (Å²) in [6.07, 6.45) is -2.62. The molecule has 0 saturated carbocycles. The van der Waals surface area contributed by atoms with Crippen molar-refractivity contribution >= 4 is 20.9 Å². The molecule has 3 heterocycles. The van der Waals surface area contributed by atoms with Crippen molar-refractivity contribution in [1.82, 2.24) is 14.3 Å². The number of fused-ring (bicyclic) bond motifs is 1. The van der Waals surface area contributed by atoms with Crippen molar-refractivity contribution < 1.29 is 26.3 Å². The van der Waals surface area contributed by atoms with Gasteiger partial charge in [-0.05, 0) is 24.3 Å². The second kappa shape index (κ2) is 6.71. The number of aromatic nitrogens is 2. The largest absolute Gasteiger partial charge is 0.471 e. The molecule has 146 valence electrons. The fourth-order valence-corrected chi connectivity index (χ4v) is 4.62. The fraction of sp³-hybridized carbons (Fsp3) is 0.222. The van der Waals surface area contributed by atoms with Crippen molar-refractivity contribution in [1.29, 1.82) is 0 Å². The zero-order valence-corrected chi connectivity index (χ0v) is 15.1. The van der Waals surface area contributed by atoms with E-state index < -0.39 is 33.7 Å². The quantitative estimate of drug-likeness (QED) is 0.662. The van der Waals surface area contributed by atoms with E-state index in [0.29, 0.717) is 10.9 Å². The Morgan fingerprint density at radius 1 is 1.00 bits per heavy atom. The predicted molar refractivity (Wildman–Crippen MR) is 94.2 cm³/mol. The van der Waals surface area contributed by atoms with E-state index in [2.05, 4.69) is 9.97 Å². The van der Waals surface area contributed by atoms with E-state index in [1.165, 1.54) is 24.5 Å². The number of alkyl halides is 3. The summed E-state index contributed by atoms with van der Waals surface area (Å²) in [6.45, 7) is -0.140. The highest BCUT2D eigenvalue weighted by Crippen LogP contribution is 2.36. The van der Waals surface area contributed by atoms with Crippen LogP contribution in [0.2, 0.25) is 0 Å². The molecule has 0 unspecified atom stereocenters. The van der Waals surface area contributed by atoms with Gasteiger partial charge in [0.1, 0.15) is 16.6 Å². The van der Waals surface area contributed by atoms with Crippen LogP contribution < -0.4 is 4.74 Å². The van der Waals surface area contributed by atoms with Crippen LogP contribution in [-0.2, 0) is 16.2 Å². The van der Waals surface area contributed by atoms with Gasteiger partial charge in [-0.3, -0.25) is 4.98 Å². The first kappa shape index (κ1) is 18.6. The molecule has 3 aromatic rings. The first-order valence-electron chi connectivity index (χ1n) is 8.29. The van der Waals surface area contributed by atoms with E-state index in [9.17, 15) is 21.6 Å². The Morgan fingerprint density at radius 2 is 1.68 bits per heavy atom. The van der Waals surface area contributed by atoms with Gasteiger partial charge in [0.05, 0.1) is 18.6 Å². The van der Waals surface area contributed by atoms with Crippen molar-refractivity contribution in [2.45, 2.75) is 17.2 Å². The molecule has 6 nitrogen and oxygen atoms in total. The van der Waals surface area contributed by atoms with E-state index in [1.807, 2.05) is 0 Å². The van der Waals surface area contributed by atoms with Gasteiger partial charge in [-0.25, -0.2) is 13.4 Å². The molecule has 1 aliphatic rings. The third-order valence-electron chi connectivity index (χ3n) is 4.38. The maximum absolute atomic E-state index is 13.0. The molecule has 0 radical (unpaired) electrons. The summed E-state index contributed by atoms with van der Waals surface area (Å²) in [4.78, 5) is 7.83. The third kappa shape index (κ3) is 3.29. The minimum absolute atomic E-state index is 0.0536. The summed E-state index contributed by atoms with van der Waals surface area (Å²) in [5, 5.41) is 0.681. The lowest BCUT2D eigenvalue weighted by molar-refractivity contribution is -0.140. The van der Waals surface area contributed by atoms with Crippen LogP contribution >= 0.6 is 0 Å². The lowest BCUT2D eigenvalue weighted by Crippen LogP contribution is -2.56. The molecule has 1 saturated heterocycles. The second-order valence-electron chi connectivity index (χ2n) is 6.25. The minimum Gasteiger partial charge on any atom is -0.471 e. The van der Waals surface area contributed by atoms with Crippen LogP contribution in [0.25, 0.3) is 10.9 Å². The summed E-state index contributed by atoms with van der Waals surface area (Å²) >= 11 is 0. The van der Waals surface area contributed by atoms with E-state index in [-0.39, 0.29) is 18.0 Å². The van der Waals surface area contributed by atoms with Crippen molar-refractivity contribution in [2.75, 3.05) is 13.1 Å². The summed E-state index contributed by atoms with van der Waals surface area (Å²) in [5.74, 6) is -0.552. The topological polar surface area (TPSA) is 72.4 Å². The van der Waals surface area contributed by atoms with Gasteiger partial charge >= 0.3 is 6.18 Å². The van der Waals surface area contributed by atoms with Crippen molar-refractivity contribution in [3.8, 4) is 5.88 Å². The molecule has 1 fully saturated rings. The van der Waals surface area contributed by atoms with Gasteiger partial charge in [-0.15, -0.1) is 0 Å². The summed E-state index contributed by atoms with van der Waals surface area (Å²) in [6, 6.07) is 10.3. The van der Waals surface area contributed by atoms with Gasteiger partial charge in [0.25, 0.3) is 0 Å². The van der Waals surface area contributed by atoms with E-state index in [4.69, 9.17) is 4.74 Å². The molecule has 0 aliphatic carbocycles. The molecule has 2 aromatic heterocycles. The normalized spacial score (nSPS) is 16.1. The molecule has 4 rings (SSSR count). The van der Waals surface area contributed by atoms with Crippen molar-refractivity contribution in [3.05, 3.63) is 60.4 Å². The first-order chi connectivity index (χ1) is 13.3. The average molecular weight is 409 g/mol. The van der Waals surface area contributed by atoms with Gasteiger partial charge < -0.3 is 4.74 Å². The Kier molecular flexibility index (Phi) is 4.47. The Bertz CT molecular complexity index is 1120. The molecular formula is C18H14F3N3O3S. The monoisotopic (exact) mass is 409 g/mol. The highest BCUT2D eigenvalue weighted by atomic mass is 32.2. The highest BCUT2D eigenvalue weighted by molar-refractivity contribution is 7.89. The van der Waals surface area contributed by atoms with Crippen LogP contribution in [0.15, 0.2) is 59.8 Å². The van der Waals surface area contributed by atoms with Gasteiger partial charge in [0.15, 0.2) is 0 Å². The highest BCUT2D eigenvalue weighted by Gasteiger charge is 2.41. The second-order valence-corrected chi connectivity index (χ2v) is 8.15. The molecular weight excluding hydrogens is 395 g/mol. The number of hydrogen-bond donors (Lipinski definition) is 0. The summed E-state index contributed by atoms with van der Waals surface area (Å²) in [5.41, 5.74) is -0.645. The lowest BCUT2D eigenvalue weighted by Gasteiger charge is -2.37. The average Bonchev–Trinajstić information content (AvgIpc) is 2.63. The molecule has 28 heavy (non-hydrogen) atoms. The maximum Gasteiger partial charge on any atom is 0.421 e. The molecule has 0 N–H and O–H groups in total. The van der Waals surface area contributed by atoms with Gasteiger partial charge in [0, 0.05) is 17.8 Å². The van der Waals surface area contributed by atoms with Crippen LogP contribution in [-0.4, -0.2) is 41.9 Å². The summed E-state index contributed by atoms with van der Waals surface area (Å²) in [7, 11) is -3.84. The van der Waals surface area contributed by atoms with Crippen LogP contribution in [0, 0.1) is 0 Å². The van der Waals surface area contributed by atoms with Crippen LogP contribution in [0.1, 0.15) is 5.56 Å². The Balaban J connectivity index is 1.53. The number of sulfonamides is 1. The standard InChI is InChI=1S/C18H14F3N3O3S/c19-18(20,21)14-6-3-9-23-17(14)27-13-10-24(11-13)28(25,26)15-7-1-4-12-5-2-8-22-16(12)15/h1-9,13H,10-11H2. The molecule has 1 aliphatic heterocycles. The molecule has 10 heteroatoms. The van der Waals surface area contributed by atoms with E-state index in [1.54, 1.807) is 24.3 Å². The molecule has 0 bridgehead atoms. The number of hydrogen-bond acceptors (Lipinski definition) is 5. The number of halogens is 3. The summed E-state index contributed by atoms with van der Waals surface area (Å²) < 4.78 is 71.3. The van der Waals surface area contributed by atoms with Crippen LogP contribution in [0.3, 0.4) is 0 Å². The first-order valence-corrected chi connectivity index (χ1v) is 9.73. The Hall–Kier alpha value is -2.72.